The van der Waals surface area contributed by atoms with Crippen LogP contribution in [0.1, 0.15) is 59.1 Å². The van der Waals surface area contributed by atoms with Crippen molar-refractivity contribution in [2.75, 3.05) is 12.4 Å². The van der Waals surface area contributed by atoms with E-state index >= 15 is 0 Å². The van der Waals surface area contributed by atoms with Crippen LogP contribution in [-0.2, 0) is 6.42 Å². The topological polar surface area (TPSA) is 30.9 Å². The van der Waals surface area contributed by atoms with Gasteiger partial charge in [0.15, 0.2) is 5.84 Å². The summed E-state index contributed by atoms with van der Waals surface area (Å²) < 4.78 is 0. The lowest BCUT2D eigenvalue weighted by Crippen LogP contribution is -2.54. The summed E-state index contributed by atoms with van der Waals surface area (Å²) in [6.07, 6.45) is 3.99. The van der Waals surface area contributed by atoms with Gasteiger partial charge in [0.1, 0.15) is 5.82 Å². The van der Waals surface area contributed by atoms with Gasteiger partial charge in [-0.15, -0.1) is 0 Å². The number of rotatable bonds is 7. The number of allylic oxidation sites excluding steroid dienone is 2. The van der Waals surface area contributed by atoms with E-state index in [0.717, 1.165) is 46.9 Å². The van der Waals surface area contributed by atoms with Gasteiger partial charge in [-0.1, -0.05) is 51.3 Å². The molecule has 1 aliphatic rings. The average Bonchev–Trinajstić information content (AvgIpc) is 2.70. The van der Waals surface area contributed by atoms with Crippen molar-refractivity contribution in [2.24, 2.45) is 4.99 Å². The zero-order valence-corrected chi connectivity index (χ0v) is 19.8. The summed E-state index contributed by atoms with van der Waals surface area (Å²) in [6, 6.07) is 6.88. The lowest BCUT2D eigenvalue weighted by atomic mass is 10.0. The molecule has 1 aliphatic heterocycles. The van der Waals surface area contributed by atoms with Gasteiger partial charge >= 0.3 is 0 Å². The first kappa shape index (κ1) is 23.5. The number of piperazine rings is 1. The van der Waals surface area contributed by atoms with E-state index in [1.807, 2.05) is 13.8 Å². The lowest BCUT2D eigenvalue weighted by molar-refractivity contribution is 0.227. The molecule has 0 amide bonds. The van der Waals surface area contributed by atoms with E-state index in [-0.39, 0.29) is 6.04 Å². The third-order valence-electron chi connectivity index (χ3n) is 5.70. The van der Waals surface area contributed by atoms with Gasteiger partial charge < -0.3 is 15.1 Å². The number of nitrogens with zero attached hydrogens (tertiary/aromatic N) is 3. The van der Waals surface area contributed by atoms with Crippen molar-refractivity contribution in [3.63, 3.8) is 0 Å². The Morgan fingerprint density at radius 3 is 2.43 bits per heavy atom. The number of amidine groups is 1. The summed E-state index contributed by atoms with van der Waals surface area (Å²) in [6.45, 7) is 25.5. The smallest absolute Gasteiger partial charge is 0.155 e. The highest BCUT2D eigenvalue weighted by atomic mass is 15.3. The van der Waals surface area contributed by atoms with Crippen LogP contribution >= 0.6 is 0 Å². The average molecular weight is 407 g/mol. The quantitative estimate of drug-likeness (QED) is 0.567. The van der Waals surface area contributed by atoms with E-state index in [1.165, 1.54) is 5.56 Å². The summed E-state index contributed by atoms with van der Waals surface area (Å²) >= 11 is 0. The minimum absolute atomic E-state index is 0.214. The fourth-order valence-corrected chi connectivity index (χ4v) is 4.03. The van der Waals surface area contributed by atoms with E-state index in [9.17, 15) is 0 Å². The van der Waals surface area contributed by atoms with Crippen molar-refractivity contribution in [3.05, 3.63) is 72.4 Å². The molecule has 0 saturated carbocycles. The largest absolute Gasteiger partial charge is 0.344 e. The Balaban J connectivity index is 2.44. The Morgan fingerprint density at radius 1 is 1.27 bits per heavy atom. The Labute approximate surface area is 183 Å². The number of nitrogens with one attached hydrogen (secondary N) is 1. The molecule has 1 unspecified atom stereocenters. The number of aryl methyl sites for hydroxylation is 1. The summed E-state index contributed by atoms with van der Waals surface area (Å²) in [5, 5.41) is 3.43. The molecule has 1 atom stereocenters. The monoisotopic (exact) mass is 406 g/mol. The summed E-state index contributed by atoms with van der Waals surface area (Å²) in [5.74, 6) is 1.56. The van der Waals surface area contributed by atoms with Crippen molar-refractivity contribution >= 4 is 17.1 Å². The normalized spacial score (nSPS) is 19.7. The molecule has 4 heteroatoms. The molecule has 0 radical (unpaired) electrons. The first-order chi connectivity index (χ1) is 14.2. The van der Waals surface area contributed by atoms with Gasteiger partial charge in [-0.3, -0.25) is 0 Å². The second-order valence-corrected chi connectivity index (χ2v) is 8.16. The predicted molar refractivity (Wildman–Crippen MR) is 132 cm³/mol. The minimum atomic E-state index is 0.214. The molecule has 1 saturated heterocycles. The van der Waals surface area contributed by atoms with E-state index in [2.05, 4.69) is 93.9 Å². The summed E-state index contributed by atoms with van der Waals surface area (Å²) in [5.41, 5.74) is 6.64. The van der Waals surface area contributed by atoms with Crippen molar-refractivity contribution in [1.82, 2.24) is 9.80 Å². The fourth-order valence-electron chi connectivity index (χ4n) is 4.03. The molecular formula is C26H38N4. The molecule has 1 fully saturated rings. The number of hydrogen-bond acceptors (Lipinski definition) is 3. The summed E-state index contributed by atoms with van der Waals surface area (Å²) in [4.78, 5) is 9.48. The standard InChI is InChI=1S/C26H38N4/c1-11-21-16-22(17(4)5)14-15-23(21)27-20(9)28-26-25(13-3)29(10)19(8)24(12-2)30(26)18(6)7/h13-16,18,24,27H,4,8-9,11-12H2,1-3,5-7,10H3/b25-13?,28-26+. The van der Waals surface area contributed by atoms with Crippen molar-refractivity contribution < 1.29 is 0 Å². The van der Waals surface area contributed by atoms with Crippen molar-refractivity contribution in [1.29, 1.82) is 0 Å². The highest BCUT2D eigenvalue weighted by molar-refractivity contribution is 6.00. The SMILES string of the molecule is C=C(/N=C1\C(=CC)N(C)C(=C)C(CC)N1C(C)C)Nc1ccc(C(=C)C)cc1CC. The fraction of sp³-hybridized carbons (Fsp3) is 0.423. The number of likely N-dealkylation sites (N-methyl/N-ethyl adjacent to an activating group) is 1. The molecule has 1 aromatic rings. The molecule has 0 bridgehead atoms. The third-order valence-corrected chi connectivity index (χ3v) is 5.70. The minimum Gasteiger partial charge on any atom is -0.344 e. The number of aliphatic imine (C=N–C) groups is 1. The molecule has 2 rings (SSSR count). The van der Waals surface area contributed by atoms with E-state index in [0.29, 0.717) is 11.9 Å². The van der Waals surface area contributed by atoms with Crippen LogP contribution in [-0.4, -0.2) is 34.8 Å². The maximum atomic E-state index is 4.97. The van der Waals surface area contributed by atoms with Gasteiger partial charge in [-0.05, 0) is 63.8 Å². The second kappa shape index (κ2) is 9.84. The molecule has 162 valence electrons. The second-order valence-electron chi connectivity index (χ2n) is 8.16. The number of hydrogen-bond donors (Lipinski definition) is 1. The van der Waals surface area contributed by atoms with Crippen LogP contribution in [0.15, 0.2) is 66.2 Å². The van der Waals surface area contributed by atoms with Crippen LogP contribution in [0.5, 0.6) is 0 Å². The van der Waals surface area contributed by atoms with E-state index < -0.39 is 0 Å². The molecule has 4 nitrogen and oxygen atoms in total. The van der Waals surface area contributed by atoms with Gasteiger partial charge in [0, 0.05) is 24.5 Å². The Hall–Kier alpha value is -2.75. The van der Waals surface area contributed by atoms with Crippen LogP contribution in [0.4, 0.5) is 5.69 Å². The van der Waals surface area contributed by atoms with Crippen LogP contribution in [0.25, 0.3) is 5.57 Å². The molecule has 1 aromatic carbocycles. The predicted octanol–water partition coefficient (Wildman–Crippen LogP) is 6.42. The maximum absolute atomic E-state index is 4.97. The lowest BCUT2D eigenvalue weighted by Gasteiger charge is -2.47. The van der Waals surface area contributed by atoms with Gasteiger partial charge in [0.2, 0.25) is 0 Å². The van der Waals surface area contributed by atoms with E-state index in [1.54, 1.807) is 0 Å². The highest BCUT2D eigenvalue weighted by Gasteiger charge is 2.36. The number of benzene rings is 1. The first-order valence-electron chi connectivity index (χ1n) is 10.9. The van der Waals surface area contributed by atoms with Gasteiger partial charge in [-0.2, -0.15) is 0 Å². The highest BCUT2D eigenvalue weighted by Crippen LogP contribution is 2.31. The van der Waals surface area contributed by atoms with E-state index in [4.69, 9.17) is 4.99 Å². The molecule has 1 N–H and O–H groups in total. The molecule has 1 heterocycles. The summed E-state index contributed by atoms with van der Waals surface area (Å²) in [7, 11) is 2.06. The van der Waals surface area contributed by atoms with Crippen LogP contribution in [0.3, 0.4) is 0 Å². The first-order valence-corrected chi connectivity index (χ1v) is 10.9. The van der Waals surface area contributed by atoms with Gasteiger partial charge in [-0.25, -0.2) is 4.99 Å². The molecule has 0 spiro atoms. The van der Waals surface area contributed by atoms with Gasteiger partial charge in [0.25, 0.3) is 0 Å². The molecular weight excluding hydrogens is 368 g/mol. The zero-order chi connectivity index (χ0) is 22.6. The maximum Gasteiger partial charge on any atom is 0.155 e. The molecule has 0 aromatic heterocycles. The number of anilines is 1. The zero-order valence-electron chi connectivity index (χ0n) is 19.8. The van der Waals surface area contributed by atoms with Crippen LogP contribution in [0, 0.1) is 0 Å². The van der Waals surface area contributed by atoms with Crippen LogP contribution < -0.4 is 5.32 Å². The van der Waals surface area contributed by atoms with Gasteiger partial charge in [0.05, 0.1) is 11.7 Å². The Bertz CT molecular complexity index is 888. The molecule has 30 heavy (non-hydrogen) atoms. The van der Waals surface area contributed by atoms with Crippen LogP contribution in [0.2, 0.25) is 0 Å². The Kier molecular flexibility index (Phi) is 7.71. The van der Waals surface area contributed by atoms with Crippen molar-refractivity contribution in [2.45, 2.75) is 66.5 Å². The van der Waals surface area contributed by atoms with Crippen molar-refractivity contribution in [3.8, 4) is 0 Å². The Morgan fingerprint density at radius 2 is 1.93 bits per heavy atom. The third kappa shape index (κ3) is 4.69. The molecule has 0 aliphatic carbocycles.